The third-order valence-corrected chi connectivity index (χ3v) is 4.08. The second-order valence-corrected chi connectivity index (χ2v) is 6.17. The van der Waals surface area contributed by atoms with Crippen molar-refractivity contribution in [3.05, 3.63) is 24.2 Å². The van der Waals surface area contributed by atoms with Crippen LogP contribution in [0.2, 0.25) is 0 Å². The van der Waals surface area contributed by atoms with Crippen LogP contribution in [0.1, 0.15) is 25.5 Å². The van der Waals surface area contributed by atoms with Gasteiger partial charge in [-0.1, -0.05) is 0 Å². The molecule has 0 spiro atoms. The highest BCUT2D eigenvalue weighted by Crippen LogP contribution is 2.05. The molecular formula is C12H19NO5S. The molecule has 0 aliphatic heterocycles. The average molecular weight is 289 g/mol. The lowest BCUT2D eigenvalue weighted by Gasteiger charge is -2.12. The Morgan fingerprint density at radius 1 is 1.53 bits per heavy atom. The third kappa shape index (κ3) is 6.40. The van der Waals surface area contributed by atoms with Gasteiger partial charge in [-0.3, -0.25) is 4.79 Å². The third-order valence-electron chi connectivity index (χ3n) is 2.49. The predicted molar refractivity (Wildman–Crippen MR) is 70.0 cm³/mol. The van der Waals surface area contributed by atoms with Gasteiger partial charge in [0.2, 0.25) is 10.0 Å². The molecule has 1 heterocycles. The van der Waals surface area contributed by atoms with Gasteiger partial charge in [-0.15, -0.1) is 0 Å². The van der Waals surface area contributed by atoms with Crippen LogP contribution in [0.3, 0.4) is 0 Å². The first-order valence-electron chi connectivity index (χ1n) is 6.02. The summed E-state index contributed by atoms with van der Waals surface area (Å²) >= 11 is 0. The van der Waals surface area contributed by atoms with Gasteiger partial charge in [-0.25, -0.2) is 13.1 Å². The molecule has 0 bridgehead atoms. The molecule has 1 N–H and O–H groups in total. The number of hydrogen-bond donors (Lipinski definition) is 1. The molecule has 0 fully saturated rings. The minimum absolute atomic E-state index is 0.0927. The van der Waals surface area contributed by atoms with E-state index >= 15 is 0 Å². The Morgan fingerprint density at radius 3 is 2.84 bits per heavy atom. The smallest absolute Gasteiger partial charge is 0.305 e. The minimum Gasteiger partial charge on any atom is -0.469 e. The van der Waals surface area contributed by atoms with Crippen molar-refractivity contribution in [3.8, 4) is 0 Å². The summed E-state index contributed by atoms with van der Waals surface area (Å²) in [5.74, 6) is 0.230. The highest BCUT2D eigenvalue weighted by Gasteiger charge is 2.16. The summed E-state index contributed by atoms with van der Waals surface area (Å²) in [6.07, 6.45) is 2.38. The van der Waals surface area contributed by atoms with E-state index in [0.29, 0.717) is 6.42 Å². The second kappa shape index (κ2) is 7.30. The summed E-state index contributed by atoms with van der Waals surface area (Å²) in [7, 11) is -2.11. The maximum absolute atomic E-state index is 11.7. The maximum atomic E-state index is 11.7. The summed E-state index contributed by atoms with van der Waals surface area (Å²) < 4.78 is 35.6. The number of esters is 1. The number of rotatable bonds is 8. The van der Waals surface area contributed by atoms with Crippen LogP contribution in [-0.4, -0.2) is 33.3 Å². The van der Waals surface area contributed by atoms with Gasteiger partial charge in [-0.05, 0) is 25.5 Å². The van der Waals surface area contributed by atoms with Crippen molar-refractivity contribution in [3.63, 3.8) is 0 Å². The molecule has 1 aromatic rings. The van der Waals surface area contributed by atoms with Crippen LogP contribution in [0.5, 0.6) is 0 Å². The maximum Gasteiger partial charge on any atom is 0.305 e. The molecule has 6 nitrogen and oxygen atoms in total. The van der Waals surface area contributed by atoms with Gasteiger partial charge in [0.1, 0.15) is 5.76 Å². The molecule has 1 atom stereocenters. The Hall–Kier alpha value is -1.34. The lowest BCUT2D eigenvalue weighted by Crippen LogP contribution is -2.35. The van der Waals surface area contributed by atoms with Crippen LogP contribution >= 0.6 is 0 Å². The van der Waals surface area contributed by atoms with E-state index in [1.165, 1.54) is 7.11 Å². The summed E-state index contributed by atoms with van der Waals surface area (Å²) in [6, 6.07) is 3.30. The number of ether oxygens (including phenoxy) is 1. The fraction of sp³-hybridized carbons (Fsp3) is 0.583. The van der Waals surface area contributed by atoms with Crippen LogP contribution in [0, 0.1) is 0 Å². The van der Waals surface area contributed by atoms with Gasteiger partial charge < -0.3 is 9.15 Å². The molecule has 0 aromatic carbocycles. The molecule has 108 valence electrons. The van der Waals surface area contributed by atoms with Crippen molar-refractivity contribution >= 4 is 16.0 Å². The number of carbonyl (C=O) groups excluding carboxylic acids is 1. The molecule has 1 rings (SSSR count). The zero-order chi connectivity index (χ0) is 14.3. The molecule has 0 saturated carbocycles. The molecule has 7 heteroatoms. The number of hydrogen-bond acceptors (Lipinski definition) is 5. The molecule has 0 amide bonds. The van der Waals surface area contributed by atoms with Crippen LogP contribution in [0.4, 0.5) is 0 Å². The van der Waals surface area contributed by atoms with Crippen LogP contribution in [0.25, 0.3) is 0 Å². The van der Waals surface area contributed by atoms with Crippen molar-refractivity contribution in [2.24, 2.45) is 0 Å². The van der Waals surface area contributed by atoms with Crippen molar-refractivity contribution in [2.45, 2.75) is 32.2 Å². The van der Waals surface area contributed by atoms with Crippen molar-refractivity contribution in [1.29, 1.82) is 0 Å². The van der Waals surface area contributed by atoms with E-state index < -0.39 is 16.0 Å². The number of nitrogens with one attached hydrogen (secondary N) is 1. The molecule has 1 unspecified atom stereocenters. The van der Waals surface area contributed by atoms with Gasteiger partial charge >= 0.3 is 5.97 Å². The predicted octanol–water partition coefficient (Wildman–Crippen LogP) is 1.08. The Labute approximate surface area is 113 Å². The van der Waals surface area contributed by atoms with E-state index in [0.717, 1.165) is 5.76 Å². The van der Waals surface area contributed by atoms with E-state index in [1.54, 1.807) is 25.3 Å². The molecular weight excluding hydrogens is 270 g/mol. The molecule has 0 aliphatic rings. The van der Waals surface area contributed by atoms with Gasteiger partial charge in [0.05, 0.1) is 19.1 Å². The monoisotopic (exact) mass is 289 g/mol. The normalized spacial score (nSPS) is 13.2. The van der Waals surface area contributed by atoms with Crippen molar-refractivity contribution in [2.75, 3.05) is 12.9 Å². The minimum atomic E-state index is -3.39. The Morgan fingerprint density at radius 2 is 2.26 bits per heavy atom. The molecule has 19 heavy (non-hydrogen) atoms. The largest absolute Gasteiger partial charge is 0.469 e. The SMILES string of the molecule is COC(=O)CCCS(=O)(=O)NC(C)Cc1ccco1. The van der Waals surface area contributed by atoms with E-state index in [-0.39, 0.29) is 24.6 Å². The topological polar surface area (TPSA) is 85.6 Å². The zero-order valence-corrected chi connectivity index (χ0v) is 11.9. The Bertz CT molecular complexity index is 480. The molecule has 1 aromatic heterocycles. The van der Waals surface area contributed by atoms with Crippen molar-refractivity contribution < 1.29 is 22.4 Å². The van der Waals surface area contributed by atoms with Gasteiger partial charge in [-0.2, -0.15) is 0 Å². The molecule has 0 saturated heterocycles. The van der Waals surface area contributed by atoms with Gasteiger partial charge in [0, 0.05) is 18.9 Å². The quantitative estimate of drug-likeness (QED) is 0.724. The zero-order valence-electron chi connectivity index (χ0n) is 11.1. The lowest BCUT2D eigenvalue weighted by atomic mass is 10.2. The summed E-state index contributed by atoms with van der Waals surface area (Å²) in [4.78, 5) is 10.9. The summed E-state index contributed by atoms with van der Waals surface area (Å²) in [5.41, 5.74) is 0. The first kappa shape index (κ1) is 15.7. The number of sulfonamides is 1. The number of carbonyl (C=O) groups is 1. The van der Waals surface area contributed by atoms with E-state index in [9.17, 15) is 13.2 Å². The van der Waals surface area contributed by atoms with Gasteiger partial charge in [0.15, 0.2) is 0 Å². The first-order chi connectivity index (χ1) is 8.93. The van der Waals surface area contributed by atoms with Crippen LogP contribution in [-0.2, 0) is 26.0 Å². The van der Waals surface area contributed by atoms with E-state index in [4.69, 9.17) is 4.42 Å². The Balaban J connectivity index is 2.35. The molecule has 0 radical (unpaired) electrons. The Kier molecular flexibility index (Phi) is 6.04. The first-order valence-corrected chi connectivity index (χ1v) is 7.67. The highest BCUT2D eigenvalue weighted by molar-refractivity contribution is 7.89. The number of methoxy groups -OCH3 is 1. The lowest BCUT2D eigenvalue weighted by molar-refractivity contribution is -0.140. The van der Waals surface area contributed by atoms with E-state index in [2.05, 4.69) is 9.46 Å². The fourth-order valence-electron chi connectivity index (χ4n) is 1.65. The van der Waals surface area contributed by atoms with E-state index in [1.807, 2.05) is 0 Å². The number of furan rings is 1. The average Bonchev–Trinajstić information content (AvgIpc) is 2.80. The summed E-state index contributed by atoms with van der Waals surface area (Å²) in [5, 5.41) is 0. The summed E-state index contributed by atoms with van der Waals surface area (Å²) in [6.45, 7) is 1.76. The second-order valence-electron chi connectivity index (χ2n) is 4.30. The van der Waals surface area contributed by atoms with Gasteiger partial charge in [0.25, 0.3) is 0 Å². The highest BCUT2D eigenvalue weighted by atomic mass is 32.2. The molecule has 0 aliphatic carbocycles. The van der Waals surface area contributed by atoms with Crippen molar-refractivity contribution in [1.82, 2.24) is 4.72 Å². The fourth-order valence-corrected chi connectivity index (χ4v) is 2.98. The standard InChI is InChI=1S/C12H19NO5S/c1-10(9-11-5-3-7-18-11)13-19(15,16)8-4-6-12(14)17-2/h3,5,7,10,13H,4,6,8-9H2,1-2H3. The van der Waals surface area contributed by atoms with Crippen LogP contribution in [0.15, 0.2) is 22.8 Å². The van der Waals surface area contributed by atoms with Crippen LogP contribution < -0.4 is 4.72 Å².